The molecule has 2 rings (SSSR count). The summed E-state index contributed by atoms with van der Waals surface area (Å²) >= 11 is 0. The summed E-state index contributed by atoms with van der Waals surface area (Å²) in [5, 5.41) is 13.6. The van der Waals surface area contributed by atoms with Gasteiger partial charge in [0, 0.05) is 25.0 Å². The van der Waals surface area contributed by atoms with Crippen molar-refractivity contribution < 1.29 is 5.11 Å². The molecule has 2 N–H and O–H groups in total. The van der Waals surface area contributed by atoms with Gasteiger partial charge >= 0.3 is 0 Å². The maximum Gasteiger partial charge on any atom is 0.0915 e. The summed E-state index contributed by atoms with van der Waals surface area (Å²) in [6.07, 6.45) is 6.78. The van der Waals surface area contributed by atoms with Gasteiger partial charge < -0.3 is 10.4 Å². The number of hydrogen-bond donors (Lipinski definition) is 2. The van der Waals surface area contributed by atoms with Crippen LogP contribution < -0.4 is 5.32 Å². The number of aromatic nitrogens is 1. The van der Waals surface area contributed by atoms with Crippen molar-refractivity contribution in [3.63, 3.8) is 0 Å². The van der Waals surface area contributed by atoms with E-state index < -0.39 is 6.10 Å². The molecule has 3 nitrogen and oxygen atoms in total. The van der Waals surface area contributed by atoms with E-state index in [4.69, 9.17) is 0 Å². The van der Waals surface area contributed by atoms with Gasteiger partial charge in [0.1, 0.15) is 0 Å². The molecular formula is C15H24N2O. The molecule has 0 saturated heterocycles. The van der Waals surface area contributed by atoms with Crippen molar-refractivity contribution in [2.24, 2.45) is 11.8 Å². The summed E-state index contributed by atoms with van der Waals surface area (Å²) in [5.41, 5.74) is 0.940. The lowest BCUT2D eigenvalue weighted by Crippen LogP contribution is -2.38. The van der Waals surface area contributed by atoms with Gasteiger partial charge in [-0.1, -0.05) is 13.8 Å². The number of nitrogens with zero attached hydrogens (tertiary/aromatic N) is 1. The molecule has 0 bridgehead atoms. The Morgan fingerprint density at radius 3 is 2.67 bits per heavy atom. The number of aliphatic hydroxyl groups is 1. The van der Waals surface area contributed by atoms with Crippen LogP contribution in [0.1, 0.15) is 44.8 Å². The number of nitrogens with one attached hydrogen (secondary N) is 1. The highest BCUT2D eigenvalue weighted by atomic mass is 16.3. The molecule has 1 saturated carbocycles. The van der Waals surface area contributed by atoms with Gasteiger partial charge in [-0.15, -0.1) is 0 Å². The minimum absolute atomic E-state index is 0.428. The molecule has 3 heteroatoms. The zero-order chi connectivity index (χ0) is 13.0. The third-order valence-electron chi connectivity index (χ3n) is 4.29. The van der Waals surface area contributed by atoms with Crippen molar-refractivity contribution in [3.05, 3.63) is 30.1 Å². The van der Waals surface area contributed by atoms with Crippen LogP contribution in [0.4, 0.5) is 0 Å². The Kier molecular flexibility index (Phi) is 4.72. The molecule has 4 atom stereocenters. The average molecular weight is 248 g/mol. The van der Waals surface area contributed by atoms with Crippen molar-refractivity contribution in [1.82, 2.24) is 10.3 Å². The van der Waals surface area contributed by atoms with Gasteiger partial charge in [0.25, 0.3) is 0 Å². The zero-order valence-corrected chi connectivity index (χ0v) is 11.3. The molecule has 1 aliphatic carbocycles. The maximum atomic E-state index is 10.1. The van der Waals surface area contributed by atoms with Crippen LogP contribution in [0.15, 0.2) is 24.5 Å². The van der Waals surface area contributed by atoms with E-state index in [2.05, 4.69) is 24.1 Å². The quantitative estimate of drug-likeness (QED) is 0.860. The van der Waals surface area contributed by atoms with Gasteiger partial charge in [-0.05, 0) is 48.8 Å². The van der Waals surface area contributed by atoms with E-state index in [1.165, 1.54) is 19.3 Å². The molecule has 0 unspecified atom stereocenters. The normalized spacial score (nSPS) is 30.1. The highest BCUT2D eigenvalue weighted by Gasteiger charge is 2.24. The molecule has 1 aromatic heterocycles. The van der Waals surface area contributed by atoms with E-state index in [1.807, 2.05) is 12.1 Å². The summed E-state index contributed by atoms with van der Waals surface area (Å²) in [7, 11) is 0. The minimum Gasteiger partial charge on any atom is -0.387 e. The second-order valence-corrected chi connectivity index (χ2v) is 5.67. The molecule has 1 heterocycles. The van der Waals surface area contributed by atoms with Crippen LogP contribution in [0, 0.1) is 11.8 Å². The smallest absolute Gasteiger partial charge is 0.0915 e. The fourth-order valence-electron chi connectivity index (χ4n) is 2.71. The Balaban J connectivity index is 1.78. The molecule has 1 aromatic rings. The van der Waals surface area contributed by atoms with Gasteiger partial charge in [-0.25, -0.2) is 0 Å². The predicted octanol–water partition coefficient (Wildman–Crippen LogP) is 2.53. The van der Waals surface area contributed by atoms with Crippen molar-refractivity contribution in [2.75, 3.05) is 6.54 Å². The number of pyridine rings is 1. The molecule has 100 valence electrons. The van der Waals surface area contributed by atoms with Gasteiger partial charge in [-0.3, -0.25) is 4.98 Å². The van der Waals surface area contributed by atoms with Crippen molar-refractivity contribution in [1.29, 1.82) is 0 Å². The highest BCUT2D eigenvalue weighted by Crippen LogP contribution is 2.29. The van der Waals surface area contributed by atoms with Crippen LogP contribution in [-0.2, 0) is 0 Å². The second-order valence-electron chi connectivity index (χ2n) is 5.67. The van der Waals surface area contributed by atoms with E-state index in [9.17, 15) is 5.11 Å². The van der Waals surface area contributed by atoms with Crippen molar-refractivity contribution in [2.45, 2.75) is 45.3 Å². The predicted molar refractivity (Wildman–Crippen MR) is 73.2 cm³/mol. The number of hydrogen-bond acceptors (Lipinski definition) is 3. The van der Waals surface area contributed by atoms with Gasteiger partial charge in [0.05, 0.1) is 6.10 Å². The summed E-state index contributed by atoms with van der Waals surface area (Å²) in [6.45, 7) is 5.31. The summed E-state index contributed by atoms with van der Waals surface area (Å²) in [5.74, 6) is 1.63. The van der Waals surface area contributed by atoms with E-state index in [0.29, 0.717) is 12.6 Å². The first-order chi connectivity index (χ1) is 8.66. The zero-order valence-electron chi connectivity index (χ0n) is 11.3. The Morgan fingerprint density at radius 2 is 2.00 bits per heavy atom. The Bertz CT molecular complexity index is 355. The third-order valence-corrected chi connectivity index (χ3v) is 4.29. The summed E-state index contributed by atoms with van der Waals surface area (Å²) < 4.78 is 0. The van der Waals surface area contributed by atoms with E-state index in [-0.39, 0.29) is 0 Å². The topological polar surface area (TPSA) is 45.1 Å². The summed E-state index contributed by atoms with van der Waals surface area (Å²) in [4.78, 5) is 3.96. The van der Waals surface area contributed by atoms with Gasteiger partial charge in [0.2, 0.25) is 0 Å². The average Bonchev–Trinajstić information content (AvgIpc) is 2.41. The lowest BCUT2D eigenvalue weighted by molar-refractivity contribution is 0.154. The molecule has 0 aromatic carbocycles. The molecule has 0 amide bonds. The molecule has 0 aliphatic heterocycles. The van der Waals surface area contributed by atoms with Gasteiger partial charge in [-0.2, -0.15) is 0 Å². The molecule has 1 fully saturated rings. The van der Waals surface area contributed by atoms with Crippen molar-refractivity contribution in [3.8, 4) is 0 Å². The minimum atomic E-state index is -0.428. The van der Waals surface area contributed by atoms with Crippen LogP contribution in [-0.4, -0.2) is 22.7 Å². The molecule has 18 heavy (non-hydrogen) atoms. The first-order valence-corrected chi connectivity index (χ1v) is 6.98. The monoisotopic (exact) mass is 248 g/mol. The summed E-state index contributed by atoms with van der Waals surface area (Å²) in [6, 6.07) is 4.31. The Hall–Kier alpha value is -0.930. The number of rotatable bonds is 4. The second kappa shape index (κ2) is 6.30. The van der Waals surface area contributed by atoms with Crippen LogP contribution in [0.2, 0.25) is 0 Å². The largest absolute Gasteiger partial charge is 0.387 e. The first kappa shape index (κ1) is 13.5. The Morgan fingerprint density at radius 1 is 1.28 bits per heavy atom. The van der Waals surface area contributed by atoms with Crippen molar-refractivity contribution >= 4 is 0 Å². The molecular weight excluding hydrogens is 224 g/mol. The van der Waals surface area contributed by atoms with Crippen LogP contribution in [0.5, 0.6) is 0 Å². The van der Waals surface area contributed by atoms with E-state index in [0.717, 1.165) is 17.4 Å². The van der Waals surface area contributed by atoms with Gasteiger partial charge in [0.15, 0.2) is 0 Å². The Labute approximate surface area is 110 Å². The SMILES string of the molecule is C[C@@H]1CC[C@H](NC[C@@H](O)c2ccncc2)C[C@H]1C. The van der Waals surface area contributed by atoms with E-state index >= 15 is 0 Å². The van der Waals surface area contributed by atoms with Crippen LogP contribution >= 0.6 is 0 Å². The highest BCUT2D eigenvalue weighted by molar-refractivity contribution is 5.13. The van der Waals surface area contributed by atoms with Crippen LogP contribution in [0.3, 0.4) is 0 Å². The van der Waals surface area contributed by atoms with Crippen LogP contribution in [0.25, 0.3) is 0 Å². The molecule has 0 radical (unpaired) electrons. The lowest BCUT2D eigenvalue weighted by atomic mass is 9.79. The third kappa shape index (κ3) is 3.53. The fraction of sp³-hybridized carbons (Fsp3) is 0.667. The fourth-order valence-corrected chi connectivity index (χ4v) is 2.71. The number of aliphatic hydroxyl groups excluding tert-OH is 1. The molecule has 1 aliphatic rings. The lowest BCUT2D eigenvalue weighted by Gasteiger charge is -2.33. The molecule has 0 spiro atoms. The first-order valence-electron chi connectivity index (χ1n) is 6.98. The maximum absolute atomic E-state index is 10.1. The standard InChI is InChI=1S/C15H24N2O/c1-11-3-4-14(9-12(11)2)17-10-15(18)13-5-7-16-8-6-13/h5-8,11-12,14-15,17-18H,3-4,9-10H2,1-2H3/t11-,12-,14+,15-/m1/s1. The van der Waals surface area contributed by atoms with E-state index in [1.54, 1.807) is 12.4 Å².